The standard InChI is InChI=1S/C25H22BrN3O/c1-16-8-11-23(14-24(16)26)29-17(2)12-22(18(29)3)15-27-28-25(30)21-10-9-19-6-4-5-7-20(19)13-21/h4-15H,1-3H3,(H,28,30)/b27-15-. The number of rotatable bonds is 4. The van der Waals surface area contributed by atoms with Gasteiger partial charge in [-0.25, -0.2) is 5.43 Å². The molecule has 1 N–H and O–H groups in total. The van der Waals surface area contributed by atoms with Crippen LogP contribution in [0.15, 0.2) is 76.3 Å². The Kier molecular flexibility index (Phi) is 5.55. The summed E-state index contributed by atoms with van der Waals surface area (Å²) >= 11 is 3.61. The summed E-state index contributed by atoms with van der Waals surface area (Å²) in [5.41, 5.74) is 8.63. The number of aryl methyl sites for hydroxylation is 2. The minimum Gasteiger partial charge on any atom is -0.318 e. The van der Waals surface area contributed by atoms with Crippen molar-refractivity contribution >= 4 is 38.8 Å². The van der Waals surface area contributed by atoms with E-state index in [1.54, 1.807) is 6.21 Å². The van der Waals surface area contributed by atoms with Crippen LogP contribution in [-0.2, 0) is 0 Å². The van der Waals surface area contributed by atoms with Gasteiger partial charge in [0.15, 0.2) is 0 Å². The molecule has 0 atom stereocenters. The average Bonchev–Trinajstić information content (AvgIpc) is 3.03. The first-order valence-corrected chi connectivity index (χ1v) is 10.5. The van der Waals surface area contributed by atoms with Crippen LogP contribution in [0.2, 0.25) is 0 Å². The fraction of sp³-hybridized carbons (Fsp3) is 0.120. The lowest BCUT2D eigenvalue weighted by Gasteiger charge is -2.11. The number of amides is 1. The summed E-state index contributed by atoms with van der Waals surface area (Å²) in [6.07, 6.45) is 1.70. The van der Waals surface area contributed by atoms with Gasteiger partial charge in [-0.1, -0.05) is 52.3 Å². The molecule has 0 aliphatic heterocycles. The van der Waals surface area contributed by atoms with E-state index in [-0.39, 0.29) is 5.91 Å². The van der Waals surface area contributed by atoms with Crippen LogP contribution in [-0.4, -0.2) is 16.7 Å². The molecule has 0 radical (unpaired) electrons. The first kappa shape index (κ1) is 20.1. The van der Waals surface area contributed by atoms with Crippen molar-refractivity contribution in [1.82, 2.24) is 9.99 Å². The first-order valence-electron chi connectivity index (χ1n) is 9.72. The summed E-state index contributed by atoms with van der Waals surface area (Å²) in [5, 5.41) is 6.33. The number of hydrogen-bond donors (Lipinski definition) is 1. The van der Waals surface area contributed by atoms with E-state index < -0.39 is 0 Å². The van der Waals surface area contributed by atoms with Gasteiger partial charge in [-0.2, -0.15) is 5.10 Å². The van der Waals surface area contributed by atoms with Crippen molar-refractivity contribution in [2.24, 2.45) is 5.10 Å². The van der Waals surface area contributed by atoms with Crippen LogP contribution >= 0.6 is 15.9 Å². The zero-order valence-corrected chi connectivity index (χ0v) is 18.7. The molecule has 0 unspecified atom stereocenters. The Morgan fingerprint density at radius 2 is 1.73 bits per heavy atom. The summed E-state index contributed by atoms with van der Waals surface area (Å²) in [5.74, 6) is -0.228. The van der Waals surface area contributed by atoms with Gasteiger partial charge in [0.25, 0.3) is 5.91 Å². The van der Waals surface area contributed by atoms with E-state index in [1.807, 2.05) is 49.4 Å². The molecule has 150 valence electrons. The molecule has 4 rings (SSSR count). The normalized spacial score (nSPS) is 11.3. The summed E-state index contributed by atoms with van der Waals surface area (Å²) in [6.45, 7) is 6.18. The summed E-state index contributed by atoms with van der Waals surface area (Å²) in [7, 11) is 0. The number of aromatic nitrogens is 1. The highest BCUT2D eigenvalue weighted by Crippen LogP contribution is 2.24. The maximum absolute atomic E-state index is 12.5. The molecule has 1 aromatic heterocycles. The fourth-order valence-electron chi connectivity index (χ4n) is 3.59. The van der Waals surface area contributed by atoms with Gasteiger partial charge < -0.3 is 4.57 Å². The molecule has 4 aromatic rings. The predicted octanol–water partition coefficient (Wildman–Crippen LogP) is 6.08. The van der Waals surface area contributed by atoms with Crippen molar-refractivity contribution in [1.29, 1.82) is 0 Å². The molecule has 0 saturated heterocycles. The first-order chi connectivity index (χ1) is 14.4. The van der Waals surface area contributed by atoms with Gasteiger partial charge in [0.1, 0.15) is 0 Å². The van der Waals surface area contributed by atoms with Gasteiger partial charge in [0, 0.05) is 32.7 Å². The van der Waals surface area contributed by atoms with Gasteiger partial charge in [-0.15, -0.1) is 0 Å². The third-order valence-electron chi connectivity index (χ3n) is 5.27. The van der Waals surface area contributed by atoms with E-state index in [0.717, 1.165) is 37.9 Å². The monoisotopic (exact) mass is 459 g/mol. The maximum atomic E-state index is 12.5. The van der Waals surface area contributed by atoms with E-state index in [4.69, 9.17) is 0 Å². The molecule has 3 aromatic carbocycles. The Bertz CT molecular complexity index is 1290. The SMILES string of the molecule is Cc1ccc(-n2c(C)cc(/C=N\NC(=O)c3ccc4ccccc4c3)c2C)cc1Br. The Morgan fingerprint density at radius 1 is 0.967 bits per heavy atom. The lowest BCUT2D eigenvalue weighted by Crippen LogP contribution is -2.17. The minimum absolute atomic E-state index is 0.228. The Balaban J connectivity index is 1.54. The van der Waals surface area contributed by atoms with Crippen molar-refractivity contribution in [2.75, 3.05) is 0 Å². The van der Waals surface area contributed by atoms with Crippen molar-refractivity contribution < 1.29 is 4.79 Å². The van der Waals surface area contributed by atoms with Crippen molar-refractivity contribution in [3.8, 4) is 5.69 Å². The molecular weight excluding hydrogens is 438 g/mol. The topological polar surface area (TPSA) is 46.4 Å². The smallest absolute Gasteiger partial charge is 0.271 e. The highest BCUT2D eigenvalue weighted by molar-refractivity contribution is 9.10. The molecule has 0 saturated carbocycles. The van der Waals surface area contributed by atoms with Gasteiger partial charge >= 0.3 is 0 Å². The second kappa shape index (κ2) is 8.28. The van der Waals surface area contributed by atoms with E-state index in [0.29, 0.717) is 5.56 Å². The van der Waals surface area contributed by atoms with Gasteiger partial charge in [-0.3, -0.25) is 4.79 Å². The number of hydrogen-bond acceptors (Lipinski definition) is 2. The summed E-state index contributed by atoms with van der Waals surface area (Å²) in [4.78, 5) is 12.5. The molecule has 30 heavy (non-hydrogen) atoms. The number of nitrogens with one attached hydrogen (secondary N) is 1. The highest BCUT2D eigenvalue weighted by atomic mass is 79.9. The van der Waals surface area contributed by atoms with Crippen LogP contribution in [0.4, 0.5) is 0 Å². The molecule has 0 spiro atoms. The number of fused-ring (bicyclic) bond motifs is 1. The summed E-state index contributed by atoms with van der Waals surface area (Å²) < 4.78 is 3.25. The average molecular weight is 460 g/mol. The van der Waals surface area contributed by atoms with Crippen LogP contribution in [0, 0.1) is 20.8 Å². The maximum Gasteiger partial charge on any atom is 0.271 e. The zero-order chi connectivity index (χ0) is 21.3. The third-order valence-corrected chi connectivity index (χ3v) is 6.12. The number of nitrogens with zero attached hydrogens (tertiary/aromatic N) is 2. The minimum atomic E-state index is -0.228. The highest BCUT2D eigenvalue weighted by Gasteiger charge is 2.11. The lowest BCUT2D eigenvalue weighted by molar-refractivity contribution is 0.0955. The van der Waals surface area contributed by atoms with Crippen LogP contribution in [0.3, 0.4) is 0 Å². The Hall–Kier alpha value is -3.18. The molecule has 0 bridgehead atoms. The number of benzene rings is 3. The molecule has 0 aliphatic carbocycles. The number of hydrazone groups is 1. The largest absolute Gasteiger partial charge is 0.318 e. The van der Waals surface area contributed by atoms with Crippen LogP contribution < -0.4 is 5.43 Å². The van der Waals surface area contributed by atoms with Gasteiger partial charge in [-0.05, 0) is 67.4 Å². The molecular formula is C25H22BrN3O. The van der Waals surface area contributed by atoms with Crippen molar-refractivity contribution in [3.63, 3.8) is 0 Å². The predicted molar refractivity (Wildman–Crippen MR) is 127 cm³/mol. The third kappa shape index (κ3) is 3.94. The van der Waals surface area contributed by atoms with Gasteiger partial charge in [0.2, 0.25) is 0 Å². The van der Waals surface area contributed by atoms with Crippen LogP contribution in [0.5, 0.6) is 0 Å². The van der Waals surface area contributed by atoms with E-state index in [2.05, 4.69) is 69.1 Å². The second-order valence-electron chi connectivity index (χ2n) is 7.36. The lowest BCUT2D eigenvalue weighted by atomic mass is 10.1. The Labute approximate surface area is 184 Å². The number of carbonyl (C=O) groups is 1. The van der Waals surface area contributed by atoms with E-state index in [1.165, 1.54) is 5.56 Å². The number of carbonyl (C=O) groups excluding carboxylic acids is 1. The van der Waals surface area contributed by atoms with E-state index >= 15 is 0 Å². The molecule has 1 heterocycles. The van der Waals surface area contributed by atoms with Crippen LogP contribution in [0.25, 0.3) is 16.5 Å². The summed E-state index contributed by atoms with van der Waals surface area (Å²) in [6, 6.07) is 22.0. The Morgan fingerprint density at radius 3 is 2.50 bits per heavy atom. The van der Waals surface area contributed by atoms with Crippen molar-refractivity contribution in [2.45, 2.75) is 20.8 Å². The molecule has 0 aliphatic rings. The quantitative estimate of drug-likeness (QED) is 0.291. The fourth-order valence-corrected chi connectivity index (χ4v) is 3.96. The molecule has 1 amide bonds. The molecule has 5 heteroatoms. The van der Waals surface area contributed by atoms with Gasteiger partial charge in [0.05, 0.1) is 6.21 Å². The zero-order valence-electron chi connectivity index (χ0n) is 17.1. The molecule has 4 nitrogen and oxygen atoms in total. The van der Waals surface area contributed by atoms with E-state index in [9.17, 15) is 4.79 Å². The van der Waals surface area contributed by atoms with Crippen LogP contribution in [0.1, 0.15) is 32.9 Å². The number of halogens is 1. The van der Waals surface area contributed by atoms with Crippen molar-refractivity contribution in [3.05, 3.63) is 99.3 Å². The second-order valence-corrected chi connectivity index (χ2v) is 8.21. The molecule has 0 fully saturated rings.